The monoisotopic (exact) mass is 1300 g/mol. The van der Waals surface area contributed by atoms with Crippen LogP contribution >= 0.6 is 15.6 Å². The Hall–Kier alpha value is -1.94. The largest absolute Gasteiger partial charge is 0.472 e. The van der Waals surface area contributed by atoms with E-state index >= 15 is 0 Å². The van der Waals surface area contributed by atoms with Crippen molar-refractivity contribution in [1.29, 1.82) is 0 Å². The van der Waals surface area contributed by atoms with Crippen molar-refractivity contribution in [2.75, 3.05) is 39.6 Å². The maximum Gasteiger partial charge on any atom is 0.472 e. The predicted molar refractivity (Wildman–Crippen MR) is 354 cm³/mol. The molecule has 0 spiro atoms. The first-order valence-corrected chi connectivity index (χ1v) is 39.1. The maximum atomic E-state index is 13.0. The van der Waals surface area contributed by atoms with Gasteiger partial charge in [0, 0.05) is 25.7 Å². The summed E-state index contributed by atoms with van der Waals surface area (Å²) < 4.78 is 68.2. The molecular weight excluding hydrogens is 1160 g/mol. The molecule has 0 amide bonds. The minimum atomic E-state index is -4.95. The van der Waals surface area contributed by atoms with Crippen molar-refractivity contribution in [2.45, 2.75) is 374 Å². The summed E-state index contributed by atoms with van der Waals surface area (Å²) in [5.74, 6) is -1.41. The van der Waals surface area contributed by atoms with Crippen molar-refractivity contribution in [3.05, 3.63) is 0 Å². The number of aliphatic hydroxyl groups is 1. The minimum Gasteiger partial charge on any atom is -0.462 e. The molecule has 0 aromatic heterocycles. The van der Waals surface area contributed by atoms with Crippen molar-refractivity contribution >= 4 is 39.5 Å². The molecule has 3 N–H and O–H groups in total. The average molecular weight is 1300 g/mol. The number of carbonyl (C=O) groups excluding carboxylic acids is 4. The summed E-state index contributed by atoms with van der Waals surface area (Å²) in [6.07, 6.45) is 48.5. The number of unbranched alkanes of at least 4 members (excludes halogenated alkanes) is 41. The van der Waals surface area contributed by atoms with Crippen LogP contribution in [0.25, 0.3) is 0 Å². The van der Waals surface area contributed by atoms with Gasteiger partial charge >= 0.3 is 39.5 Å². The first-order valence-electron chi connectivity index (χ1n) is 36.1. The molecule has 0 heterocycles. The highest BCUT2D eigenvalue weighted by Crippen LogP contribution is 2.45. The Morgan fingerprint density at radius 1 is 0.307 bits per heavy atom. The van der Waals surface area contributed by atoms with Crippen molar-refractivity contribution in [2.24, 2.45) is 5.92 Å². The summed E-state index contributed by atoms with van der Waals surface area (Å²) in [7, 11) is -9.89. The molecule has 2 unspecified atom stereocenters. The highest BCUT2D eigenvalue weighted by Gasteiger charge is 2.30. The number of ether oxygens (including phenoxy) is 4. The molecule has 88 heavy (non-hydrogen) atoms. The van der Waals surface area contributed by atoms with Crippen LogP contribution in [0.15, 0.2) is 0 Å². The number of phosphoric acid groups is 2. The summed E-state index contributed by atoms with van der Waals surface area (Å²) in [6, 6.07) is 0. The highest BCUT2D eigenvalue weighted by molar-refractivity contribution is 7.47. The number of phosphoric ester groups is 2. The van der Waals surface area contributed by atoms with Crippen molar-refractivity contribution in [3.63, 3.8) is 0 Å². The molecule has 0 radical (unpaired) electrons. The molecule has 0 aromatic rings. The number of hydrogen-bond acceptors (Lipinski definition) is 15. The molecule has 17 nitrogen and oxygen atoms in total. The van der Waals surface area contributed by atoms with E-state index in [-0.39, 0.29) is 25.7 Å². The zero-order valence-corrected chi connectivity index (χ0v) is 58.6. The molecule has 0 aromatic carbocycles. The Morgan fingerprint density at radius 2 is 0.523 bits per heavy atom. The van der Waals surface area contributed by atoms with E-state index in [9.17, 15) is 43.2 Å². The number of esters is 4. The second-order valence-electron chi connectivity index (χ2n) is 25.4. The van der Waals surface area contributed by atoms with Crippen LogP contribution in [0.4, 0.5) is 0 Å². The third kappa shape index (κ3) is 62.8. The van der Waals surface area contributed by atoms with Crippen molar-refractivity contribution in [1.82, 2.24) is 0 Å². The van der Waals surface area contributed by atoms with Crippen LogP contribution in [0, 0.1) is 5.92 Å². The summed E-state index contributed by atoms with van der Waals surface area (Å²) in [5.41, 5.74) is 0. The molecule has 0 rings (SSSR count). The van der Waals surface area contributed by atoms with Gasteiger partial charge in [-0.25, -0.2) is 9.13 Å². The lowest BCUT2D eigenvalue weighted by Crippen LogP contribution is -2.30. The van der Waals surface area contributed by atoms with Gasteiger partial charge in [-0.05, 0) is 31.6 Å². The van der Waals surface area contributed by atoms with Crippen LogP contribution in [0.1, 0.15) is 356 Å². The van der Waals surface area contributed by atoms with Crippen molar-refractivity contribution in [3.8, 4) is 0 Å². The fourth-order valence-corrected chi connectivity index (χ4v) is 12.0. The summed E-state index contributed by atoms with van der Waals surface area (Å²) in [4.78, 5) is 72.4. The van der Waals surface area contributed by atoms with E-state index in [0.29, 0.717) is 25.7 Å². The minimum absolute atomic E-state index is 0.105. The second-order valence-corrected chi connectivity index (χ2v) is 28.3. The molecular formula is C69H134O17P2. The Labute approximate surface area is 537 Å². The van der Waals surface area contributed by atoms with E-state index < -0.39 is 97.5 Å². The lowest BCUT2D eigenvalue weighted by Gasteiger charge is -2.21. The fourth-order valence-electron chi connectivity index (χ4n) is 10.5. The van der Waals surface area contributed by atoms with Gasteiger partial charge < -0.3 is 33.8 Å². The standard InChI is InChI=1S/C69H134O17P2/c1-6-9-12-15-18-21-23-25-26-27-28-30-33-39-44-49-54-68(73)85-64(59-80-67(72)53-48-43-38-32-29-24-22-19-16-13-10-7-2)60-83-87(75,76)81-56-63(70)57-82-88(77,78)84-61-65(58-79-66(71)52-47-42-37-31-20-17-14-11-8-3)86-69(74)55-50-45-40-35-34-36-41-46-51-62(4)5/h62-65,70H,6-61H2,1-5H3,(H,75,76)(H,77,78)/t63-,64-,65-/m1/s1. The SMILES string of the molecule is CCCCCCCCCCCCCCCCCCC(=O)O[C@H](COC(=O)CCCCCCCCCCCCCC)COP(=O)(O)OC[C@@H](O)COP(=O)(O)OC[C@@H](COC(=O)CCCCCCCCCCC)OC(=O)CCCCCCCCCCC(C)C. The zero-order chi connectivity index (χ0) is 64.9. The van der Waals surface area contributed by atoms with Crippen molar-refractivity contribution < 1.29 is 80.2 Å². The molecule has 0 saturated carbocycles. The van der Waals surface area contributed by atoms with Gasteiger partial charge in [-0.3, -0.25) is 37.3 Å². The van der Waals surface area contributed by atoms with Crippen LogP contribution in [0.2, 0.25) is 0 Å². The van der Waals surface area contributed by atoms with E-state index in [0.717, 1.165) is 95.8 Å². The first-order chi connectivity index (χ1) is 42.5. The van der Waals surface area contributed by atoms with Gasteiger partial charge in [0.1, 0.15) is 19.3 Å². The first kappa shape index (κ1) is 86.1. The molecule has 5 atom stereocenters. The zero-order valence-electron chi connectivity index (χ0n) is 56.9. The number of rotatable bonds is 69. The fraction of sp³-hybridized carbons (Fsp3) is 0.942. The topological polar surface area (TPSA) is 237 Å². The smallest absolute Gasteiger partial charge is 0.462 e. The third-order valence-corrected chi connectivity index (χ3v) is 17.9. The van der Waals surface area contributed by atoms with Crippen LogP contribution in [-0.2, 0) is 65.4 Å². The predicted octanol–water partition coefficient (Wildman–Crippen LogP) is 19.7. The lowest BCUT2D eigenvalue weighted by atomic mass is 10.0. The van der Waals surface area contributed by atoms with E-state index in [1.54, 1.807) is 0 Å². The van der Waals surface area contributed by atoms with Gasteiger partial charge in [0.2, 0.25) is 0 Å². The van der Waals surface area contributed by atoms with E-state index in [4.69, 9.17) is 37.0 Å². The third-order valence-electron chi connectivity index (χ3n) is 16.0. The normalized spacial score (nSPS) is 14.1. The second kappa shape index (κ2) is 62.5. The summed E-state index contributed by atoms with van der Waals surface area (Å²) in [5, 5.41) is 10.6. The summed E-state index contributed by atoms with van der Waals surface area (Å²) in [6.45, 7) is 7.19. The van der Waals surface area contributed by atoms with Gasteiger partial charge in [-0.15, -0.1) is 0 Å². The lowest BCUT2D eigenvalue weighted by molar-refractivity contribution is -0.161. The van der Waals surface area contributed by atoms with E-state index in [1.807, 2.05) is 0 Å². The average Bonchev–Trinajstić information content (AvgIpc) is 3.55. The number of carbonyl (C=O) groups is 4. The highest BCUT2D eigenvalue weighted by atomic mass is 31.2. The molecule has 0 bridgehead atoms. The van der Waals surface area contributed by atoms with Gasteiger partial charge in [-0.2, -0.15) is 0 Å². The molecule has 522 valence electrons. The molecule has 0 aliphatic heterocycles. The Morgan fingerprint density at radius 3 is 0.773 bits per heavy atom. The van der Waals surface area contributed by atoms with Gasteiger partial charge in [0.15, 0.2) is 12.2 Å². The van der Waals surface area contributed by atoms with Gasteiger partial charge in [-0.1, -0.05) is 304 Å². The number of aliphatic hydroxyl groups excluding tert-OH is 1. The van der Waals surface area contributed by atoms with E-state index in [2.05, 4.69) is 34.6 Å². The van der Waals surface area contributed by atoms with Crippen LogP contribution in [-0.4, -0.2) is 96.7 Å². The summed E-state index contributed by atoms with van der Waals surface area (Å²) >= 11 is 0. The van der Waals surface area contributed by atoms with E-state index in [1.165, 1.54) is 180 Å². The van der Waals surface area contributed by atoms with Crippen LogP contribution < -0.4 is 0 Å². The Balaban J connectivity index is 5.23. The van der Waals surface area contributed by atoms with Gasteiger partial charge in [0.05, 0.1) is 26.4 Å². The molecule has 19 heteroatoms. The maximum absolute atomic E-state index is 13.0. The number of hydrogen-bond donors (Lipinski definition) is 3. The molecule has 0 saturated heterocycles. The molecule has 0 aliphatic carbocycles. The van der Waals surface area contributed by atoms with Gasteiger partial charge in [0.25, 0.3) is 0 Å². The quantitative estimate of drug-likeness (QED) is 0.0222. The Bertz CT molecular complexity index is 1700. The Kier molecular flexibility index (Phi) is 61.1. The van der Waals surface area contributed by atoms with Crippen LogP contribution in [0.3, 0.4) is 0 Å². The molecule has 0 fully saturated rings. The van der Waals surface area contributed by atoms with Crippen LogP contribution in [0.5, 0.6) is 0 Å². The molecule has 0 aliphatic rings.